The van der Waals surface area contributed by atoms with Crippen LogP contribution >= 0.6 is 0 Å². The lowest BCUT2D eigenvalue weighted by Crippen LogP contribution is -2.36. The number of carbonyl (C=O) groups is 1. The zero-order chi connectivity index (χ0) is 26.6. The van der Waals surface area contributed by atoms with Crippen LogP contribution in [0, 0.1) is 0 Å². The van der Waals surface area contributed by atoms with Crippen molar-refractivity contribution < 1.29 is 17.9 Å². The molecule has 0 radical (unpaired) electrons. The van der Waals surface area contributed by atoms with Gasteiger partial charge in [-0.1, -0.05) is 24.3 Å². The highest BCUT2D eigenvalue weighted by Gasteiger charge is 2.20. The number of likely N-dealkylation sites (N-methyl/N-ethyl adjacent to an activating group) is 1. The number of amides is 1. The van der Waals surface area contributed by atoms with E-state index in [1.54, 1.807) is 24.3 Å². The number of carbonyl (C=O) groups excluding carboxylic acids is 1. The number of anilines is 2. The van der Waals surface area contributed by atoms with Crippen LogP contribution in [0.3, 0.4) is 0 Å². The van der Waals surface area contributed by atoms with Crippen LogP contribution in [0.5, 0.6) is 0 Å². The molecule has 1 aliphatic rings. The number of rotatable bonds is 6. The molecule has 0 atom stereocenters. The van der Waals surface area contributed by atoms with Gasteiger partial charge in [-0.3, -0.25) is 4.31 Å². The molecule has 1 fully saturated rings. The Hall–Kier alpha value is -3.67. The van der Waals surface area contributed by atoms with E-state index in [4.69, 9.17) is 10.9 Å². The molecule has 1 saturated heterocycles. The van der Waals surface area contributed by atoms with Crippen molar-refractivity contribution in [2.45, 2.75) is 13.0 Å². The molecule has 3 aromatic rings. The molecule has 37 heavy (non-hydrogen) atoms. The topological polar surface area (TPSA) is 135 Å². The minimum absolute atomic E-state index is 0.0291. The van der Waals surface area contributed by atoms with E-state index in [0.29, 0.717) is 11.3 Å². The van der Waals surface area contributed by atoms with Crippen molar-refractivity contribution >= 4 is 44.3 Å². The number of aliphatic imine (C=N–C) groups is 1. The fraction of sp³-hybridized carbons (Fsp3) is 0.308. The maximum atomic E-state index is 12.6. The van der Waals surface area contributed by atoms with Crippen molar-refractivity contribution in [3.63, 3.8) is 0 Å². The zero-order valence-corrected chi connectivity index (χ0v) is 21.8. The third kappa shape index (κ3) is 6.56. The van der Waals surface area contributed by atoms with Gasteiger partial charge in [0.05, 0.1) is 19.3 Å². The predicted octanol–water partition coefficient (Wildman–Crippen LogP) is 2.66. The summed E-state index contributed by atoms with van der Waals surface area (Å²) in [5.41, 5.74) is 8.76. The normalized spacial score (nSPS) is 15.4. The quantitative estimate of drug-likeness (QED) is 0.374. The number of fused-ring (bicyclic) bond motifs is 1. The van der Waals surface area contributed by atoms with Crippen LogP contribution in [0.2, 0.25) is 0 Å². The molecule has 0 unspecified atom stereocenters. The number of ether oxygens (including phenoxy) is 1. The van der Waals surface area contributed by atoms with Gasteiger partial charge in [0, 0.05) is 30.9 Å². The van der Waals surface area contributed by atoms with Crippen molar-refractivity contribution in [2.24, 2.45) is 15.9 Å². The first-order valence-corrected chi connectivity index (χ1v) is 13.4. The maximum absolute atomic E-state index is 12.6. The molecule has 4 N–H and O–H groups in total. The molecule has 11 heteroatoms. The van der Waals surface area contributed by atoms with Gasteiger partial charge >= 0.3 is 6.09 Å². The summed E-state index contributed by atoms with van der Waals surface area (Å²) in [6.07, 6.45) is 0.287. The summed E-state index contributed by atoms with van der Waals surface area (Å²) in [6, 6.07) is 18.5. The first-order chi connectivity index (χ1) is 17.6. The molecule has 1 aliphatic heterocycles. The molecule has 0 aromatic heterocycles. The fourth-order valence-corrected chi connectivity index (χ4v) is 5.14. The summed E-state index contributed by atoms with van der Waals surface area (Å²) in [5, 5.41) is 7.36. The third-order valence-electron chi connectivity index (χ3n) is 6.44. The highest BCUT2D eigenvalue weighted by molar-refractivity contribution is 7.90. The number of benzene rings is 3. The fourth-order valence-electron chi connectivity index (χ4n) is 4.39. The van der Waals surface area contributed by atoms with E-state index in [1.807, 2.05) is 36.4 Å². The van der Waals surface area contributed by atoms with E-state index < -0.39 is 16.3 Å². The molecular formula is C26H32N6O4S. The van der Waals surface area contributed by atoms with E-state index in [-0.39, 0.29) is 12.4 Å². The van der Waals surface area contributed by atoms with E-state index in [0.717, 1.165) is 54.6 Å². The first kappa shape index (κ1) is 26.4. The van der Waals surface area contributed by atoms with Gasteiger partial charge < -0.3 is 20.3 Å². The Morgan fingerprint density at radius 2 is 1.73 bits per heavy atom. The summed E-state index contributed by atoms with van der Waals surface area (Å²) in [5.74, 6) is 0.0291. The van der Waals surface area contributed by atoms with Crippen LogP contribution in [0.4, 0.5) is 16.2 Å². The Kier molecular flexibility index (Phi) is 7.96. The van der Waals surface area contributed by atoms with E-state index in [2.05, 4.69) is 26.6 Å². The van der Waals surface area contributed by atoms with Crippen LogP contribution in [-0.2, 0) is 21.5 Å². The number of hydrogen-bond acceptors (Lipinski definition) is 6. The average Bonchev–Trinajstić information content (AvgIpc) is 3.10. The van der Waals surface area contributed by atoms with Gasteiger partial charge in [-0.2, -0.15) is 13.4 Å². The number of nitrogens with zero attached hydrogens (tertiary/aromatic N) is 4. The second-order valence-corrected chi connectivity index (χ2v) is 10.5. The summed E-state index contributed by atoms with van der Waals surface area (Å²) in [7, 11) is -0.689. The molecular weight excluding hydrogens is 492 g/mol. The minimum Gasteiger partial charge on any atom is -0.451 e. The summed E-state index contributed by atoms with van der Waals surface area (Å²) in [4.78, 5) is 19.7. The number of methoxy groups -OCH3 is 1. The van der Waals surface area contributed by atoms with E-state index in [9.17, 15) is 13.2 Å². The SMILES string of the molecule is COC(=O)N=C(N)c1ccc2ccc(CN(c3ccc(N4CCCN(C)CC4)cc3)S(N)(=O)=O)cc2c1. The van der Waals surface area contributed by atoms with Gasteiger partial charge in [0.15, 0.2) is 0 Å². The molecule has 3 aromatic carbocycles. The van der Waals surface area contributed by atoms with E-state index in [1.165, 1.54) is 11.4 Å². The van der Waals surface area contributed by atoms with Crippen molar-refractivity contribution in [3.05, 3.63) is 71.8 Å². The zero-order valence-electron chi connectivity index (χ0n) is 21.0. The van der Waals surface area contributed by atoms with Crippen molar-refractivity contribution in [1.82, 2.24) is 4.90 Å². The highest BCUT2D eigenvalue weighted by Crippen LogP contribution is 2.26. The van der Waals surface area contributed by atoms with Crippen LogP contribution in [0.1, 0.15) is 17.5 Å². The Labute approximate surface area is 217 Å². The molecule has 0 spiro atoms. The lowest BCUT2D eigenvalue weighted by atomic mass is 10.0. The Balaban J connectivity index is 1.59. The number of hydrogen-bond donors (Lipinski definition) is 2. The van der Waals surface area contributed by atoms with Crippen LogP contribution in [0.15, 0.2) is 65.7 Å². The second-order valence-electron chi connectivity index (χ2n) is 9.08. The first-order valence-electron chi connectivity index (χ1n) is 11.9. The molecule has 1 amide bonds. The van der Waals surface area contributed by atoms with Crippen LogP contribution in [-0.4, -0.2) is 65.6 Å². The monoisotopic (exact) mass is 524 g/mol. The summed E-state index contributed by atoms with van der Waals surface area (Å²) < 4.78 is 30.8. The van der Waals surface area contributed by atoms with E-state index >= 15 is 0 Å². The molecule has 0 saturated carbocycles. The molecule has 1 heterocycles. The van der Waals surface area contributed by atoms with Crippen LogP contribution < -0.4 is 20.1 Å². The predicted molar refractivity (Wildman–Crippen MR) is 147 cm³/mol. The number of nitrogens with two attached hydrogens (primary N) is 2. The lowest BCUT2D eigenvalue weighted by molar-refractivity contribution is 0.182. The standard InChI is InChI=1S/C26H32N6O4S/c1-30-12-3-13-31(15-14-30)23-8-10-24(11-9-23)32(37(28,34)35)18-19-4-5-20-6-7-21(17-22(20)16-19)25(27)29-26(33)36-2/h4-11,16-17H,3,12-15,18H2,1-2H3,(H2,27,29,33)(H2,28,34,35). The largest absolute Gasteiger partial charge is 0.451 e. The van der Waals surface area contributed by atoms with Gasteiger partial charge in [-0.05, 0) is 72.7 Å². The van der Waals surface area contributed by atoms with Gasteiger partial charge in [0.1, 0.15) is 5.84 Å². The Bertz CT molecular complexity index is 1410. The van der Waals surface area contributed by atoms with Gasteiger partial charge in [-0.25, -0.2) is 9.93 Å². The molecule has 4 rings (SSSR count). The molecule has 0 aliphatic carbocycles. The summed E-state index contributed by atoms with van der Waals surface area (Å²) >= 11 is 0. The second kappa shape index (κ2) is 11.2. The highest BCUT2D eigenvalue weighted by atomic mass is 32.2. The Morgan fingerprint density at radius 1 is 1.00 bits per heavy atom. The molecule has 196 valence electrons. The van der Waals surface area contributed by atoms with Crippen molar-refractivity contribution in [1.29, 1.82) is 0 Å². The Morgan fingerprint density at radius 3 is 2.43 bits per heavy atom. The average molecular weight is 525 g/mol. The molecule has 0 bridgehead atoms. The van der Waals surface area contributed by atoms with Gasteiger partial charge in [0.2, 0.25) is 0 Å². The molecule has 10 nitrogen and oxygen atoms in total. The van der Waals surface area contributed by atoms with Crippen LogP contribution in [0.25, 0.3) is 10.8 Å². The van der Waals surface area contributed by atoms with Gasteiger partial charge in [-0.15, -0.1) is 0 Å². The summed E-state index contributed by atoms with van der Waals surface area (Å²) in [6.45, 7) is 3.97. The van der Waals surface area contributed by atoms with Gasteiger partial charge in [0.25, 0.3) is 10.2 Å². The minimum atomic E-state index is -4.04. The van der Waals surface area contributed by atoms with Crippen molar-refractivity contribution in [2.75, 3.05) is 49.5 Å². The number of amidine groups is 1. The maximum Gasteiger partial charge on any atom is 0.435 e. The third-order valence-corrected chi connectivity index (χ3v) is 7.40. The smallest absolute Gasteiger partial charge is 0.435 e. The van der Waals surface area contributed by atoms with Crippen molar-refractivity contribution in [3.8, 4) is 0 Å². The lowest BCUT2D eigenvalue weighted by Gasteiger charge is -2.25.